The molecule has 0 aromatic heterocycles. The summed E-state index contributed by atoms with van der Waals surface area (Å²) in [7, 11) is -3.26. The smallest absolute Gasteiger partial charge is 0.253 e. The molecule has 5 nitrogen and oxygen atoms in total. The van der Waals surface area contributed by atoms with Crippen molar-refractivity contribution in [2.24, 2.45) is 5.92 Å². The Hall–Kier alpha value is -1.87. The Bertz CT molecular complexity index is 615. The molecular weight excluding hydrogens is 276 g/mol. The Morgan fingerprint density at radius 2 is 1.90 bits per heavy atom. The van der Waals surface area contributed by atoms with Crippen molar-refractivity contribution >= 4 is 15.7 Å². The quantitative estimate of drug-likeness (QED) is 0.828. The Kier molecular flexibility index (Phi) is 5.28. The SMILES string of the molecule is CCN(C[C@H](C)C#N)C(=O)c1ccc(S(C)(=O)=O)cc1. The van der Waals surface area contributed by atoms with Crippen LogP contribution in [0.2, 0.25) is 0 Å². The topological polar surface area (TPSA) is 78.2 Å². The molecule has 0 unspecified atom stereocenters. The van der Waals surface area contributed by atoms with E-state index in [0.29, 0.717) is 18.7 Å². The van der Waals surface area contributed by atoms with Crippen LogP contribution in [0.1, 0.15) is 24.2 Å². The maximum Gasteiger partial charge on any atom is 0.253 e. The molecule has 0 bridgehead atoms. The van der Waals surface area contributed by atoms with Gasteiger partial charge in [0.2, 0.25) is 0 Å². The first-order valence-corrected chi connectivity index (χ1v) is 8.17. The molecule has 0 spiro atoms. The lowest BCUT2D eigenvalue weighted by atomic mass is 10.1. The number of benzene rings is 1. The molecule has 0 heterocycles. The Morgan fingerprint density at radius 3 is 2.30 bits per heavy atom. The van der Waals surface area contributed by atoms with E-state index < -0.39 is 9.84 Å². The highest BCUT2D eigenvalue weighted by Gasteiger charge is 2.17. The van der Waals surface area contributed by atoms with E-state index in [9.17, 15) is 13.2 Å². The van der Waals surface area contributed by atoms with Gasteiger partial charge >= 0.3 is 0 Å². The van der Waals surface area contributed by atoms with Gasteiger partial charge in [-0.1, -0.05) is 0 Å². The van der Waals surface area contributed by atoms with Gasteiger partial charge < -0.3 is 4.90 Å². The number of amides is 1. The lowest BCUT2D eigenvalue weighted by molar-refractivity contribution is 0.0752. The lowest BCUT2D eigenvalue weighted by Gasteiger charge is -2.22. The molecule has 0 fully saturated rings. The highest BCUT2D eigenvalue weighted by molar-refractivity contribution is 7.90. The molecule has 1 rings (SSSR count). The second-order valence-corrected chi connectivity index (χ2v) is 6.69. The summed E-state index contributed by atoms with van der Waals surface area (Å²) in [5.41, 5.74) is 0.421. The Morgan fingerprint density at radius 1 is 1.35 bits per heavy atom. The highest BCUT2D eigenvalue weighted by Crippen LogP contribution is 2.13. The van der Waals surface area contributed by atoms with Crippen LogP contribution in [0.15, 0.2) is 29.2 Å². The van der Waals surface area contributed by atoms with Gasteiger partial charge in [0, 0.05) is 24.9 Å². The second kappa shape index (κ2) is 6.53. The van der Waals surface area contributed by atoms with Crippen LogP contribution in [-0.4, -0.2) is 38.6 Å². The van der Waals surface area contributed by atoms with Crippen LogP contribution in [0, 0.1) is 17.2 Å². The van der Waals surface area contributed by atoms with E-state index in [0.717, 1.165) is 6.26 Å². The van der Waals surface area contributed by atoms with E-state index in [1.165, 1.54) is 24.3 Å². The maximum atomic E-state index is 12.3. The Labute approximate surface area is 119 Å². The standard InChI is InChI=1S/C14H18N2O3S/c1-4-16(10-11(2)9-15)14(17)12-5-7-13(8-6-12)20(3,18)19/h5-8,11H,4,10H2,1-3H3/t11-/m1/s1. The molecule has 0 saturated carbocycles. The van der Waals surface area contributed by atoms with Crippen molar-refractivity contribution in [2.45, 2.75) is 18.7 Å². The van der Waals surface area contributed by atoms with Crippen molar-refractivity contribution in [1.29, 1.82) is 5.26 Å². The monoisotopic (exact) mass is 294 g/mol. The summed E-state index contributed by atoms with van der Waals surface area (Å²) in [5.74, 6) is -0.441. The number of hydrogen-bond acceptors (Lipinski definition) is 4. The number of nitriles is 1. The minimum atomic E-state index is -3.26. The zero-order valence-corrected chi connectivity index (χ0v) is 12.6. The number of nitrogens with zero attached hydrogens (tertiary/aromatic N) is 2. The minimum Gasteiger partial charge on any atom is -0.338 e. The van der Waals surface area contributed by atoms with Crippen molar-refractivity contribution in [3.63, 3.8) is 0 Å². The van der Waals surface area contributed by atoms with Crippen LogP contribution in [0.4, 0.5) is 0 Å². The minimum absolute atomic E-state index is 0.183. The van der Waals surface area contributed by atoms with Gasteiger partial charge in [-0.05, 0) is 38.1 Å². The number of sulfone groups is 1. The van der Waals surface area contributed by atoms with E-state index in [1.807, 2.05) is 6.92 Å². The molecular formula is C14H18N2O3S. The number of carbonyl (C=O) groups excluding carboxylic acids is 1. The zero-order chi connectivity index (χ0) is 15.3. The molecule has 6 heteroatoms. The van der Waals surface area contributed by atoms with Crippen LogP contribution < -0.4 is 0 Å². The molecule has 108 valence electrons. The fraction of sp³-hybridized carbons (Fsp3) is 0.429. The van der Waals surface area contributed by atoms with E-state index in [1.54, 1.807) is 11.8 Å². The van der Waals surface area contributed by atoms with E-state index in [2.05, 4.69) is 6.07 Å². The summed E-state index contributed by atoms with van der Waals surface area (Å²) in [6, 6.07) is 7.93. The van der Waals surface area contributed by atoms with Crippen LogP contribution in [-0.2, 0) is 9.84 Å². The third kappa shape index (κ3) is 4.07. The summed E-state index contributed by atoms with van der Waals surface area (Å²) in [5, 5.41) is 8.80. The summed E-state index contributed by atoms with van der Waals surface area (Å²) < 4.78 is 22.7. The van der Waals surface area contributed by atoms with Crippen molar-refractivity contribution in [2.75, 3.05) is 19.3 Å². The van der Waals surface area contributed by atoms with E-state index in [4.69, 9.17) is 5.26 Å². The van der Waals surface area contributed by atoms with Crippen molar-refractivity contribution in [3.05, 3.63) is 29.8 Å². The molecule has 0 saturated heterocycles. The zero-order valence-electron chi connectivity index (χ0n) is 11.8. The van der Waals surface area contributed by atoms with Crippen LogP contribution in [0.3, 0.4) is 0 Å². The molecule has 0 radical (unpaired) electrons. The summed E-state index contributed by atoms with van der Waals surface area (Å²) in [6.45, 7) is 4.45. The molecule has 0 aliphatic carbocycles. The third-order valence-corrected chi connectivity index (χ3v) is 4.04. The molecule has 0 N–H and O–H groups in total. The average Bonchev–Trinajstić information content (AvgIpc) is 2.42. The molecule has 0 aliphatic rings. The van der Waals surface area contributed by atoms with Gasteiger partial charge in [0.25, 0.3) is 5.91 Å². The van der Waals surface area contributed by atoms with Gasteiger partial charge in [0.05, 0.1) is 16.9 Å². The van der Waals surface area contributed by atoms with Crippen molar-refractivity contribution in [3.8, 4) is 6.07 Å². The fourth-order valence-corrected chi connectivity index (χ4v) is 2.38. The average molecular weight is 294 g/mol. The van der Waals surface area contributed by atoms with Gasteiger partial charge in [-0.3, -0.25) is 4.79 Å². The summed E-state index contributed by atoms with van der Waals surface area (Å²) in [6.07, 6.45) is 1.12. The second-order valence-electron chi connectivity index (χ2n) is 4.67. The molecule has 1 atom stereocenters. The van der Waals surface area contributed by atoms with Crippen molar-refractivity contribution < 1.29 is 13.2 Å². The van der Waals surface area contributed by atoms with Crippen LogP contribution >= 0.6 is 0 Å². The number of rotatable bonds is 5. The van der Waals surface area contributed by atoms with E-state index >= 15 is 0 Å². The lowest BCUT2D eigenvalue weighted by Crippen LogP contribution is -2.34. The van der Waals surface area contributed by atoms with Gasteiger partial charge in [0.1, 0.15) is 0 Å². The van der Waals surface area contributed by atoms with Gasteiger partial charge in [-0.15, -0.1) is 0 Å². The highest BCUT2D eigenvalue weighted by atomic mass is 32.2. The molecule has 0 aliphatic heterocycles. The molecule has 1 amide bonds. The fourth-order valence-electron chi connectivity index (χ4n) is 1.75. The molecule has 20 heavy (non-hydrogen) atoms. The summed E-state index contributed by atoms with van der Waals surface area (Å²) >= 11 is 0. The maximum absolute atomic E-state index is 12.3. The first-order chi connectivity index (χ1) is 9.29. The van der Waals surface area contributed by atoms with Crippen molar-refractivity contribution in [1.82, 2.24) is 4.90 Å². The number of hydrogen-bond donors (Lipinski definition) is 0. The summed E-state index contributed by atoms with van der Waals surface area (Å²) in [4.78, 5) is 14.0. The molecule has 1 aromatic rings. The van der Waals surface area contributed by atoms with E-state index in [-0.39, 0.29) is 16.7 Å². The largest absolute Gasteiger partial charge is 0.338 e. The predicted molar refractivity (Wildman–Crippen MR) is 75.9 cm³/mol. The number of carbonyl (C=O) groups is 1. The normalized spacial score (nSPS) is 12.5. The first kappa shape index (κ1) is 16.2. The molecule has 1 aromatic carbocycles. The van der Waals surface area contributed by atoms with Gasteiger partial charge in [0.15, 0.2) is 9.84 Å². The van der Waals surface area contributed by atoms with Crippen LogP contribution in [0.5, 0.6) is 0 Å². The predicted octanol–water partition coefficient (Wildman–Crippen LogP) is 1.71. The Balaban J connectivity index is 2.94. The van der Waals surface area contributed by atoms with Gasteiger partial charge in [-0.2, -0.15) is 5.26 Å². The van der Waals surface area contributed by atoms with Gasteiger partial charge in [-0.25, -0.2) is 8.42 Å². The third-order valence-electron chi connectivity index (χ3n) is 2.91. The first-order valence-electron chi connectivity index (χ1n) is 6.28. The van der Waals surface area contributed by atoms with Crippen LogP contribution in [0.25, 0.3) is 0 Å².